The molecular weight excluding hydrogens is 398 g/mol. The molecule has 0 radical (unpaired) electrons. The minimum absolute atomic E-state index is 0.0629. The van der Waals surface area contributed by atoms with Crippen molar-refractivity contribution in [2.45, 2.75) is 24.8 Å². The molecule has 2 atom stereocenters. The average molecular weight is 418 g/mol. The highest BCUT2D eigenvalue weighted by atomic mass is 32.2. The molecule has 0 saturated carbocycles. The number of benzene rings is 2. The molecule has 0 amide bonds. The Kier molecular flexibility index (Phi) is 4.88. The van der Waals surface area contributed by atoms with E-state index in [1.807, 2.05) is 36.1 Å². The molecule has 28 heavy (non-hydrogen) atoms. The van der Waals surface area contributed by atoms with Crippen LogP contribution in [0.5, 0.6) is 0 Å². The number of non-ortho nitro benzene ring substituents is 1. The van der Waals surface area contributed by atoms with Crippen LogP contribution in [0.2, 0.25) is 0 Å². The van der Waals surface area contributed by atoms with Gasteiger partial charge in [-0.1, -0.05) is 41.6 Å². The fourth-order valence-corrected chi connectivity index (χ4v) is 6.42. The third-order valence-electron chi connectivity index (χ3n) is 4.93. The summed E-state index contributed by atoms with van der Waals surface area (Å²) in [6, 6.07) is 14.0. The Morgan fingerprint density at radius 2 is 1.82 bits per heavy atom. The van der Waals surface area contributed by atoms with Gasteiger partial charge in [-0.15, -0.1) is 0 Å². The summed E-state index contributed by atoms with van der Waals surface area (Å²) in [7, 11) is -3.08. The van der Waals surface area contributed by atoms with Gasteiger partial charge in [0.1, 0.15) is 0 Å². The van der Waals surface area contributed by atoms with E-state index in [9.17, 15) is 18.5 Å². The van der Waals surface area contributed by atoms with Crippen LogP contribution in [-0.2, 0) is 15.6 Å². The van der Waals surface area contributed by atoms with Crippen LogP contribution in [-0.4, -0.2) is 42.1 Å². The molecule has 2 aliphatic rings. The largest absolute Gasteiger partial charge is 0.315 e. The molecule has 0 bridgehead atoms. The predicted molar refractivity (Wildman–Crippen MR) is 112 cm³/mol. The Balaban J connectivity index is 1.57. The fourth-order valence-electron chi connectivity index (χ4n) is 3.50. The SMILES string of the molecule is Cc1ccc(N2C(SCc3ccc([N+](=O)[O-])cc3)=N[C@@H]3CS(=O)(=O)C[C@@H]32)cc1. The van der Waals surface area contributed by atoms with Crippen LogP contribution in [0.3, 0.4) is 0 Å². The molecule has 146 valence electrons. The summed E-state index contributed by atoms with van der Waals surface area (Å²) < 4.78 is 24.2. The Labute approximate surface area is 167 Å². The first-order valence-corrected chi connectivity index (χ1v) is 11.6. The number of nitrogens with zero attached hydrogens (tertiary/aromatic N) is 3. The van der Waals surface area contributed by atoms with Crippen molar-refractivity contribution in [2.24, 2.45) is 4.99 Å². The summed E-state index contributed by atoms with van der Waals surface area (Å²) in [5.74, 6) is 0.795. The zero-order chi connectivity index (χ0) is 19.9. The zero-order valence-corrected chi connectivity index (χ0v) is 16.8. The van der Waals surface area contributed by atoms with Crippen molar-refractivity contribution in [3.8, 4) is 0 Å². The van der Waals surface area contributed by atoms with Gasteiger partial charge in [0.2, 0.25) is 0 Å². The van der Waals surface area contributed by atoms with Crippen LogP contribution in [0.1, 0.15) is 11.1 Å². The highest BCUT2D eigenvalue weighted by Crippen LogP contribution is 2.36. The van der Waals surface area contributed by atoms with Crippen molar-refractivity contribution in [1.29, 1.82) is 0 Å². The van der Waals surface area contributed by atoms with Gasteiger partial charge in [0.05, 0.1) is 28.5 Å². The second-order valence-electron chi connectivity index (χ2n) is 7.04. The summed E-state index contributed by atoms with van der Waals surface area (Å²) in [6.45, 7) is 2.01. The molecule has 1 fully saturated rings. The first-order chi connectivity index (χ1) is 13.3. The Bertz CT molecular complexity index is 1030. The van der Waals surface area contributed by atoms with Gasteiger partial charge >= 0.3 is 0 Å². The number of hydrogen-bond donors (Lipinski definition) is 0. The van der Waals surface area contributed by atoms with Crippen molar-refractivity contribution >= 4 is 38.1 Å². The maximum absolute atomic E-state index is 12.1. The lowest BCUT2D eigenvalue weighted by atomic mass is 10.1. The number of rotatable bonds is 4. The van der Waals surface area contributed by atoms with Gasteiger partial charge in [0.25, 0.3) is 5.69 Å². The van der Waals surface area contributed by atoms with E-state index in [4.69, 9.17) is 4.99 Å². The number of fused-ring (bicyclic) bond motifs is 1. The third-order valence-corrected chi connectivity index (χ3v) is 7.67. The molecule has 0 spiro atoms. The molecule has 2 aromatic rings. The van der Waals surface area contributed by atoms with Crippen LogP contribution < -0.4 is 4.90 Å². The number of aliphatic imine (C=N–C) groups is 1. The quantitative estimate of drug-likeness (QED) is 0.560. The molecule has 1 saturated heterocycles. The predicted octanol–water partition coefficient (Wildman–Crippen LogP) is 3.18. The van der Waals surface area contributed by atoms with E-state index in [0.717, 1.165) is 22.0 Å². The Hall–Kier alpha value is -2.39. The van der Waals surface area contributed by atoms with Gasteiger partial charge in [-0.25, -0.2) is 8.42 Å². The highest BCUT2D eigenvalue weighted by Gasteiger charge is 2.47. The zero-order valence-electron chi connectivity index (χ0n) is 15.2. The van der Waals surface area contributed by atoms with Crippen molar-refractivity contribution in [2.75, 3.05) is 16.4 Å². The lowest BCUT2D eigenvalue weighted by molar-refractivity contribution is -0.384. The first-order valence-electron chi connectivity index (χ1n) is 8.83. The molecule has 4 rings (SSSR count). The molecule has 9 heteroatoms. The maximum atomic E-state index is 12.1. The number of nitro groups is 1. The molecule has 0 aromatic heterocycles. The number of hydrogen-bond acceptors (Lipinski definition) is 7. The van der Waals surface area contributed by atoms with Crippen LogP contribution in [0.4, 0.5) is 11.4 Å². The van der Waals surface area contributed by atoms with E-state index in [2.05, 4.69) is 0 Å². The van der Waals surface area contributed by atoms with E-state index in [-0.39, 0.29) is 29.3 Å². The van der Waals surface area contributed by atoms with E-state index in [1.54, 1.807) is 12.1 Å². The van der Waals surface area contributed by atoms with Crippen molar-refractivity contribution in [1.82, 2.24) is 0 Å². The lowest BCUT2D eigenvalue weighted by Crippen LogP contribution is -2.39. The van der Waals surface area contributed by atoms with Gasteiger partial charge in [0.15, 0.2) is 15.0 Å². The minimum Gasteiger partial charge on any atom is -0.315 e. The number of nitro benzene ring substituents is 1. The summed E-state index contributed by atoms with van der Waals surface area (Å²) in [5, 5.41) is 11.6. The molecule has 7 nitrogen and oxygen atoms in total. The van der Waals surface area contributed by atoms with Gasteiger partial charge < -0.3 is 4.90 Å². The number of sulfone groups is 1. The van der Waals surface area contributed by atoms with Gasteiger partial charge in [-0.05, 0) is 24.6 Å². The van der Waals surface area contributed by atoms with Crippen molar-refractivity contribution in [3.05, 3.63) is 69.8 Å². The fraction of sp³-hybridized carbons (Fsp3) is 0.316. The van der Waals surface area contributed by atoms with Crippen LogP contribution in [0, 0.1) is 17.0 Å². The van der Waals surface area contributed by atoms with Crippen molar-refractivity contribution in [3.63, 3.8) is 0 Å². The smallest absolute Gasteiger partial charge is 0.269 e. The van der Waals surface area contributed by atoms with Gasteiger partial charge in [-0.2, -0.15) is 0 Å². The van der Waals surface area contributed by atoms with E-state index < -0.39 is 14.8 Å². The molecule has 2 heterocycles. The topological polar surface area (TPSA) is 92.9 Å². The van der Waals surface area contributed by atoms with E-state index >= 15 is 0 Å². The highest BCUT2D eigenvalue weighted by molar-refractivity contribution is 8.13. The molecule has 0 N–H and O–H groups in total. The van der Waals surface area contributed by atoms with Gasteiger partial charge in [-0.3, -0.25) is 15.1 Å². The molecular formula is C19H19N3O4S2. The Morgan fingerprint density at radius 3 is 2.46 bits per heavy atom. The summed E-state index contributed by atoms with van der Waals surface area (Å²) in [6.07, 6.45) is 0. The van der Waals surface area contributed by atoms with E-state index in [0.29, 0.717) is 5.75 Å². The summed E-state index contributed by atoms with van der Waals surface area (Å²) in [4.78, 5) is 17.1. The maximum Gasteiger partial charge on any atom is 0.269 e. The first kappa shape index (κ1) is 18.9. The molecule has 0 unspecified atom stereocenters. The standard InChI is InChI=1S/C19H19N3O4S2/c1-13-2-6-15(7-3-13)21-18-12-28(25,26)11-17(18)20-19(21)27-10-14-4-8-16(9-5-14)22(23)24/h2-9,17-18H,10-12H2,1H3/t17-,18+/m1/s1. The third kappa shape index (κ3) is 3.77. The van der Waals surface area contributed by atoms with Crippen molar-refractivity contribution < 1.29 is 13.3 Å². The minimum atomic E-state index is -3.08. The monoisotopic (exact) mass is 417 g/mol. The second-order valence-corrected chi connectivity index (χ2v) is 10.1. The molecule has 0 aliphatic carbocycles. The average Bonchev–Trinajstić information content (AvgIpc) is 3.12. The van der Waals surface area contributed by atoms with Crippen LogP contribution >= 0.6 is 11.8 Å². The van der Waals surface area contributed by atoms with Gasteiger partial charge in [0, 0.05) is 23.6 Å². The van der Waals surface area contributed by atoms with Crippen LogP contribution in [0.25, 0.3) is 0 Å². The molecule has 2 aliphatic heterocycles. The Morgan fingerprint density at radius 1 is 1.14 bits per heavy atom. The van der Waals surface area contributed by atoms with Crippen LogP contribution in [0.15, 0.2) is 53.5 Å². The lowest BCUT2D eigenvalue weighted by Gasteiger charge is -2.26. The summed E-state index contributed by atoms with van der Waals surface area (Å²) in [5.41, 5.74) is 3.08. The second kappa shape index (κ2) is 7.21. The normalized spacial score (nSPS) is 22.8. The number of aryl methyl sites for hydroxylation is 1. The number of amidine groups is 1. The number of thioether (sulfide) groups is 1. The van der Waals surface area contributed by atoms with E-state index in [1.165, 1.54) is 23.9 Å². The number of anilines is 1. The summed E-state index contributed by atoms with van der Waals surface area (Å²) >= 11 is 1.53. The molecule has 2 aromatic carbocycles.